The largest absolute Gasteiger partial charge is 0.420 e. The number of aromatic nitrogens is 2. The minimum atomic E-state index is -4.55. The molecule has 0 radical (unpaired) electrons. The second-order valence-corrected chi connectivity index (χ2v) is 8.12. The molecule has 0 spiro atoms. The van der Waals surface area contributed by atoms with E-state index in [0.29, 0.717) is 5.92 Å². The molecule has 1 atom stereocenters. The SMILES string of the molecule is CC1N=NC(c2nc(NC3CCC(N)CC3)ncc2C(F)(F)F)=C1CC1CC1. The standard InChI is InChI=1S/C19H25F3N6/c1-10-14(8-11-2-3-11)16(28-27-10)17-15(19(20,21)22)9-24-18(26-17)25-13-6-4-12(23)5-7-13/h9-13H,2-8,23H2,1H3,(H,24,25,26). The van der Waals surface area contributed by atoms with Crippen LogP contribution >= 0.6 is 0 Å². The molecule has 2 fully saturated rings. The molecule has 28 heavy (non-hydrogen) atoms. The third-order valence-corrected chi connectivity index (χ3v) is 5.77. The third kappa shape index (κ3) is 4.19. The predicted molar refractivity (Wildman–Crippen MR) is 99.5 cm³/mol. The van der Waals surface area contributed by atoms with Gasteiger partial charge in [-0.05, 0) is 63.4 Å². The summed E-state index contributed by atoms with van der Waals surface area (Å²) >= 11 is 0. The Bertz CT molecular complexity index is 791. The second kappa shape index (κ2) is 7.42. The van der Waals surface area contributed by atoms with Gasteiger partial charge < -0.3 is 11.1 Å². The molecule has 4 rings (SSSR count). The van der Waals surface area contributed by atoms with E-state index in [-0.39, 0.29) is 35.5 Å². The van der Waals surface area contributed by atoms with Crippen molar-refractivity contribution in [2.24, 2.45) is 21.9 Å². The minimum absolute atomic E-state index is 0.119. The number of anilines is 1. The van der Waals surface area contributed by atoms with Crippen molar-refractivity contribution in [1.82, 2.24) is 9.97 Å². The molecule has 0 saturated heterocycles. The molecule has 0 aromatic carbocycles. The van der Waals surface area contributed by atoms with Crippen molar-refractivity contribution >= 4 is 11.6 Å². The lowest BCUT2D eigenvalue weighted by Gasteiger charge is -2.27. The van der Waals surface area contributed by atoms with Crippen LogP contribution in [0, 0.1) is 5.92 Å². The van der Waals surface area contributed by atoms with Gasteiger partial charge in [-0.3, -0.25) is 0 Å². The minimum Gasteiger partial charge on any atom is -0.351 e. The van der Waals surface area contributed by atoms with E-state index in [4.69, 9.17) is 5.73 Å². The van der Waals surface area contributed by atoms with Crippen molar-refractivity contribution in [2.75, 3.05) is 5.32 Å². The van der Waals surface area contributed by atoms with Gasteiger partial charge in [-0.15, -0.1) is 0 Å². The van der Waals surface area contributed by atoms with Gasteiger partial charge in [-0.2, -0.15) is 23.4 Å². The van der Waals surface area contributed by atoms with Gasteiger partial charge in [0.15, 0.2) is 0 Å². The first kappa shape index (κ1) is 19.3. The highest BCUT2D eigenvalue weighted by molar-refractivity contribution is 5.70. The normalized spacial score (nSPS) is 28.1. The van der Waals surface area contributed by atoms with E-state index in [1.165, 1.54) is 0 Å². The molecule has 3 N–H and O–H groups in total. The van der Waals surface area contributed by atoms with Gasteiger partial charge in [-0.25, -0.2) is 9.97 Å². The van der Waals surface area contributed by atoms with Crippen LogP contribution in [0.3, 0.4) is 0 Å². The summed E-state index contributed by atoms with van der Waals surface area (Å²) in [6.45, 7) is 1.87. The Hall–Kier alpha value is -2.03. The average Bonchev–Trinajstić information content (AvgIpc) is 3.39. The van der Waals surface area contributed by atoms with Crippen LogP contribution in [-0.4, -0.2) is 28.1 Å². The number of hydrogen-bond donors (Lipinski definition) is 2. The monoisotopic (exact) mass is 394 g/mol. The summed E-state index contributed by atoms with van der Waals surface area (Å²) in [6.07, 6.45) is 2.73. The number of nitrogens with one attached hydrogen (secondary N) is 1. The van der Waals surface area contributed by atoms with Gasteiger partial charge in [0.1, 0.15) is 17.0 Å². The Morgan fingerprint density at radius 3 is 2.50 bits per heavy atom. The number of rotatable bonds is 5. The maximum Gasteiger partial charge on any atom is 0.420 e. The number of halogens is 3. The van der Waals surface area contributed by atoms with E-state index in [0.717, 1.165) is 56.7 Å². The number of azo groups is 1. The lowest BCUT2D eigenvalue weighted by molar-refractivity contribution is -0.138. The van der Waals surface area contributed by atoms with Crippen LogP contribution < -0.4 is 11.1 Å². The van der Waals surface area contributed by atoms with Crippen LogP contribution in [0.25, 0.3) is 5.70 Å². The van der Waals surface area contributed by atoms with Crippen molar-refractivity contribution in [3.63, 3.8) is 0 Å². The average molecular weight is 394 g/mol. The summed E-state index contributed by atoms with van der Waals surface area (Å²) in [4.78, 5) is 8.20. The predicted octanol–water partition coefficient (Wildman–Crippen LogP) is 4.54. The molecule has 2 saturated carbocycles. The maximum absolute atomic E-state index is 13.6. The number of nitrogens with two attached hydrogens (primary N) is 1. The number of hydrogen-bond acceptors (Lipinski definition) is 6. The second-order valence-electron chi connectivity index (χ2n) is 8.12. The third-order valence-electron chi connectivity index (χ3n) is 5.77. The van der Waals surface area contributed by atoms with Gasteiger partial charge in [0.25, 0.3) is 0 Å². The molecule has 1 aromatic heterocycles. The first-order chi connectivity index (χ1) is 13.3. The van der Waals surface area contributed by atoms with Crippen LogP contribution in [-0.2, 0) is 6.18 Å². The quantitative estimate of drug-likeness (QED) is 0.767. The zero-order chi connectivity index (χ0) is 19.9. The van der Waals surface area contributed by atoms with Crippen molar-refractivity contribution in [1.29, 1.82) is 0 Å². The molecule has 0 bridgehead atoms. The Morgan fingerprint density at radius 2 is 1.86 bits per heavy atom. The fraction of sp³-hybridized carbons (Fsp3) is 0.684. The topological polar surface area (TPSA) is 88.5 Å². The molecule has 0 amide bonds. The lowest BCUT2D eigenvalue weighted by Crippen LogP contribution is -2.33. The summed E-state index contributed by atoms with van der Waals surface area (Å²) in [5.41, 5.74) is 6.01. The number of alkyl halides is 3. The van der Waals surface area contributed by atoms with E-state index in [2.05, 4.69) is 25.5 Å². The first-order valence-corrected chi connectivity index (χ1v) is 9.92. The van der Waals surface area contributed by atoms with Gasteiger partial charge in [0.05, 0.1) is 6.04 Å². The Kier molecular flexibility index (Phi) is 5.11. The van der Waals surface area contributed by atoms with Crippen molar-refractivity contribution in [3.8, 4) is 0 Å². The van der Waals surface area contributed by atoms with E-state index in [9.17, 15) is 13.2 Å². The fourth-order valence-electron chi connectivity index (χ4n) is 3.86. The fourth-order valence-corrected chi connectivity index (χ4v) is 3.86. The Balaban J connectivity index is 1.67. The molecular weight excluding hydrogens is 369 g/mol. The molecule has 9 heteroatoms. The van der Waals surface area contributed by atoms with Gasteiger partial charge >= 0.3 is 6.18 Å². The van der Waals surface area contributed by atoms with Crippen molar-refractivity contribution in [3.05, 3.63) is 23.0 Å². The molecule has 1 unspecified atom stereocenters. The van der Waals surface area contributed by atoms with Crippen LogP contribution in [0.15, 0.2) is 22.0 Å². The van der Waals surface area contributed by atoms with E-state index in [1.807, 2.05) is 6.92 Å². The summed E-state index contributed by atoms with van der Waals surface area (Å²) in [5.74, 6) is 0.729. The van der Waals surface area contributed by atoms with Gasteiger partial charge in [-0.1, -0.05) is 0 Å². The smallest absolute Gasteiger partial charge is 0.351 e. The van der Waals surface area contributed by atoms with Crippen LogP contribution in [0.5, 0.6) is 0 Å². The summed E-state index contributed by atoms with van der Waals surface area (Å²) in [5, 5.41) is 11.4. The highest BCUT2D eigenvalue weighted by Crippen LogP contribution is 2.43. The zero-order valence-corrected chi connectivity index (χ0v) is 15.8. The first-order valence-electron chi connectivity index (χ1n) is 9.92. The van der Waals surface area contributed by atoms with Crippen molar-refractivity contribution < 1.29 is 13.2 Å². The van der Waals surface area contributed by atoms with Crippen LogP contribution in [0.1, 0.15) is 63.1 Å². The molecular formula is C19H25F3N6. The van der Waals surface area contributed by atoms with Crippen LogP contribution in [0.2, 0.25) is 0 Å². The summed E-state index contributed by atoms with van der Waals surface area (Å²) in [6, 6.07) is 0.106. The van der Waals surface area contributed by atoms with Crippen LogP contribution in [0.4, 0.5) is 19.1 Å². The van der Waals surface area contributed by atoms with Crippen molar-refractivity contribution in [2.45, 2.75) is 76.2 Å². The molecule has 1 aliphatic heterocycles. The summed E-state index contributed by atoms with van der Waals surface area (Å²) in [7, 11) is 0. The maximum atomic E-state index is 13.6. The lowest BCUT2D eigenvalue weighted by atomic mass is 9.92. The molecule has 6 nitrogen and oxygen atoms in total. The highest BCUT2D eigenvalue weighted by Gasteiger charge is 2.39. The molecule has 2 aliphatic carbocycles. The molecule has 152 valence electrons. The van der Waals surface area contributed by atoms with E-state index >= 15 is 0 Å². The van der Waals surface area contributed by atoms with Gasteiger partial charge in [0.2, 0.25) is 5.95 Å². The Labute approximate surface area is 161 Å². The highest BCUT2D eigenvalue weighted by atomic mass is 19.4. The molecule has 3 aliphatic rings. The van der Waals surface area contributed by atoms with Gasteiger partial charge in [0, 0.05) is 18.3 Å². The summed E-state index contributed by atoms with van der Waals surface area (Å²) < 4.78 is 40.9. The zero-order valence-electron chi connectivity index (χ0n) is 15.8. The van der Waals surface area contributed by atoms with E-state index < -0.39 is 11.7 Å². The molecule has 1 aromatic rings. The Morgan fingerprint density at radius 1 is 1.14 bits per heavy atom. The molecule has 2 heterocycles. The number of nitrogens with zero attached hydrogens (tertiary/aromatic N) is 4. The van der Waals surface area contributed by atoms with E-state index in [1.54, 1.807) is 0 Å².